The fourth-order valence-electron chi connectivity index (χ4n) is 3.12. The van der Waals surface area contributed by atoms with Crippen molar-refractivity contribution in [3.05, 3.63) is 0 Å². The number of nitrogens with zero attached hydrogens (tertiary/aromatic N) is 2. The Morgan fingerprint density at radius 1 is 1.15 bits per heavy atom. The van der Waals surface area contributed by atoms with Gasteiger partial charge < -0.3 is 15.5 Å². The van der Waals surface area contributed by atoms with Gasteiger partial charge in [-0.2, -0.15) is 0 Å². The number of amides is 2. The van der Waals surface area contributed by atoms with E-state index in [4.69, 9.17) is 5.73 Å². The Balaban J connectivity index is 1.85. The molecule has 2 aliphatic rings. The molecular weight excluding hydrogens is 254 g/mol. The van der Waals surface area contributed by atoms with Crippen LogP contribution in [-0.2, 0) is 9.59 Å². The molecule has 2 amide bonds. The molecule has 2 fully saturated rings. The van der Waals surface area contributed by atoms with Crippen molar-refractivity contribution in [2.45, 2.75) is 51.0 Å². The van der Waals surface area contributed by atoms with E-state index in [9.17, 15) is 9.59 Å². The van der Waals surface area contributed by atoms with Gasteiger partial charge in [0, 0.05) is 26.7 Å². The standard InChI is InChI=1S/C15H27N3O2/c1-17(14(20)15(11-16)8-9-15)10-13(19)18(2)12-6-4-3-5-7-12/h12H,3-11,16H2,1-2H3. The molecule has 0 heterocycles. The zero-order valence-electron chi connectivity index (χ0n) is 12.7. The number of carbonyl (C=O) groups is 2. The molecular formula is C15H27N3O2. The maximum absolute atomic E-state index is 12.3. The first kappa shape index (κ1) is 15.3. The first-order valence-corrected chi connectivity index (χ1v) is 7.71. The summed E-state index contributed by atoms with van der Waals surface area (Å²) in [7, 11) is 3.58. The van der Waals surface area contributed by atoms with E-state index in [-0.39, 0.29) is 23.8 Å². The van der Waals surface area contributed by atoms with Crippen molar-refractivity contribution in [1.29, 1.82) is 0 Å². The molecule has 0 spiro atoms. The lowest BCUT2D eigenvalue weighted by Crippen LogP contribution is -2.47. The summed E-state index contributed by atoms with van der Waals surface area (Å²) >= 11 is 0. The molecule has 20 heavy (non-hydrogen) atoms. The SMILES string of the molecule is CN(CC(=O)N(C)C1CCCCC1)C(=O)C1(CN)CC1. The lowest BCUT2D eigenvalue weighted by atomic mass is 9.94. The second-order valence-electron chi connectivity index (χ2n) is 6.44. The van der Waals surface area contributed by atoms with Gasteiger partial charge in [0.25, 0.3) is 0 Å². The summed E-state index contributed by atoms with van der Waals surface area (Å²) in [5.74, 6) is 0.0750. The van der Waals surface area contributed by atoms with E-state index in [1.54, 1.807) is 11.9 Å². The fourth-order valence-corrected chi connectivity index (χ4v) is 3.12. The average Bonchev–Trinajstić information content (AvgIpc) is 3.27. The second-order valence-corrected chi connectivity index (χ2v) is 6.44. The molecule has 0 bridgehead atoms. The molecule has 5 heteroatoms. The topological polar surface area (TPSA) is 66.6 Å². The lowest BCUT2D eigenvalue weighted by Gasteiger charge is -2.33. The van der Waals surface area contributed by atoms with E-state index in [2.05, 4.69) is 0 Å². The van der Waals surface area contributed by atoms with Gasteiger partial charge in [-0.3, -0.25) is 9.59 Å². The Morgan fingerprint density at radius 2 is 1.75 bits per heavy atom. The largest absolute Gasteiger partial charge is 0.341 e. The molecule has 2 aliphatic carbocycles. The van der Waals surface area contributed by atoms with E-state index in [1.165, 1.54) is 19.3 Å². The van der Waals surface area contributed by atoms with E-state index in [1.807, 2.05) is 11.9 Å². The van der Waals surface area contributed by atoms with Gasteiger partial charge in [-0.15, -0.1) is 0 Å². The third-order valence-corrected chi connectivity index (χ3v) is 4.93. The molecule has 0 radical (unpaired) electrons. The highest BCUT2D eigenvalue weighted by Crippen LogP contribution is 2.45. The summed E-state index contributed by atoms with van der Waals surface area (Å²) < 4.78 is 0. The summed E-state index contributed by atoms with van der Waals surface area (Å²) in [6.07, 6.45) is 7.58. The van der Waals surface area contributed by atoms with Crippen molar-refractivity contribution < 1.29 is 9.59 Å². The zero-order chi connectivity index (χ0) is 14.8. The van der Waals surface area contributed by atoms with Gasteiger partial charge in [0.2, 0.25) is 11.8 Å². The van der Waals surface area contributed by atoms with Crippen molar-refractivity contribution in [3.8, 4) is 0 Å². The predicted molar refractivity (Wildman–Crippen MR) is 78.0 cm³/mol. The van der Waals surface area contributed by atoms with E-state index in [0.29, 0.717) is 12.6 Å². The van der Waals surface area contributed by atoms with Crippen LogP contribution >= 0.6 is 0 Å². The Morgan fingerprint density at radius 3 is 2.25 bits per heavy atom. The monoisotopic (exact) mass is 281 g/mol. The number of carbonyl (C=O) groups excluding carboxylic acids is 2. The number of hydrogen-bond acceptors (Lipinski definition) is 3. The molecule has 0 saturated heterocycles. The van der Waals surface area contributed by atoms with Crippen molar-refractivity contribution in [2.75, 3.05) is 27.2 Å². The van der Waals surface area contributed by atoms with Crippen LogP contribution in [0.15, 0.2) is 0 Å². The Kier molecular flexibility index (Phi) is 4.68. The predicted octanol–water partition coefficient (Wildman–Crippen LogP) is 0.975. The minimum Gasteiger partial charge on any atom is -0.341 e. The molecule has 0 aromatic carbocycles. The zero-order valence-corrected chi connectivity index (χ0v) is 12.7. The van der Waals surface area contributed by atoms with Crippen molar-refractivity contribution in [3.63, 3.8) is 0 Å². The van der Waals surface area contributed by atoms with Gasteiger partial charge >= 0.3 is 0 Å². The highest BCUT2D eigenvalue weighted by atomic mass is 16.2. The van der Waals surface area contributed by atoms with E-state index < -0.39 is 0 Å². The van der Waals surface area contributed by atoms with Crippen molar-refractivity contribution in [1.82, 2.24) is 9.80 Å². The minimum atomic E-state index is -0.363. The summed E-state index contributed by atoms with van der Waals surface area (Å²) in [5.41, 5.74) is 5.31. The van der Waals surface area contributed by atoms with Crippen LogP contribution in [0.4, 0.5) is 0 Å². The van der Waals surface area contributed by atoms with Gasteiger partial charge in [0.1, 0.15) is 0 Å². The van der Waals surface area contributed by atoms with Crippen LogP contribution in [0, 0.1) is 5.41 Å². The normalized spacial score (nSPS) is 21.4. The summed E-state index contributed by atoms with van der Waals surface area (Å²) in [6.45, 7) is 0.566. The number of rotatable bonds is 5. The van der Waals surface area contributed by atoms with Crippen LogP contribution in [0.25, 0.3) is 0 Å². The second kappa shape index (κ2) is 6.12. The third-order valence-electron chi connectivity index (χ3n) is 4.93. The highest BCUT2D eigenvalue weighted by Gasteiger charge is 2.50. The molecule has 0 aromatic rings. The van der Waals surface area contributed by atoms with E-state index >= 15 is 0 Å². The van der Waals surface area contributed by atoms with Crippen molar-refractivity contribution in [2.24, 2.45) is 11.1 Å². The minimum absolute atomic E-state index is 0.0328. The molecule has 0 aromatic heterocycles. The molecule has 0 unspecified atom stereocenters. The Labute approximate surface area is 121 Å². The highest BCUT2D eigenvalue weighted by molar-refractivity contribution is 5.89. The molecule has 5 nitrogen and oxygen atoms in total. The molecule has 2 saturated carbocycles. The first-order chi connectivity index (χ1) is 9.50. The van der Waals surface area contributed by atoms with Gasteiger partial charge in [-0.05, 0) is 25.7 Å². The summed E-state index contributed by atoms with van der Waals surface area (Å²) in [6, 6.07) is 0.351. The molecule has 0 atom stereocenters. The quantitative estimate of drug-likeness (QED) is 0.816. The molecule has 0 aliphatic heterocycles. The number of hydrogen-bond donors (Lipinski definition) is 1. The van der Waals surface area contributed by atoms with Gasteiger partial charge in [-0.1, -0.05) is 19.3 Å². The summed E-state index contributed by atoms with van der Waals surface area (Å²) in [5, 5.41) is 0. The lowest BCUT2D eigenvalue weighted by molar-refractivity contribution is -0.143. The molecule has 2 N–H and O–H groups in total. The Bertz CT molecular complexity index is 373. The van der Waals surface area contributed by atoms with Crippen LogP contribution in [0.5, 0.6) is 0 Å². The number of nitrogens with two attached hydrogens (primary N) is 1. The number of likely N-dealkylation sites (N-methyl/N-ethyl adjacent to an activating group) is 2. The summed E-state index contributed by atoms with van der Waals surface area (Å²) in [4.78, 5) is 28.0. The Hall–Kier alpha value is -1.10. The van der Waals surface area contributed by atoms with E-state index in [0.717, 1.165) is 25.7 Å². The molecule has 2 rings (SSSR count). The van der Waals surface area contributed by atoms with Crippen molar-refractivity contribution >= 4 is 11.8 Å². The average molecular weight is 281 g/mol. The fraction of sp³-hybridized carbons (Fsp3) is 0.867. The van der Waals surface area contributed by atoms with Gasteiger partial charge in [-0.25, -0.2) is 0 Å². The molecule has 114 valence electrons. The first-order valence-electron chi connectivity index (χ1n) is 7.71. The van der Waals surface area contributed by atoms with Crippen LogP contribution in [0.2, 0.25) is 0 Å². The van der Waals surface area contributed by atoms with Crippen LogP contribution in [-0.4, -0.2) is 54.8 Å². The van der Waals surface area contributed by atoms with Crippen LogP contribution in [0.1, 0.15) is 44.9 Å². The third kappa shape index (κ3) is 3.14. The maximum atomic E-state index is 12.3. The van der Waals surface area contributed by atoms with Gasteiger partial charge in [0.05, 0.1) is 12.0 Å². The smallest absolute Gasteiger partial charge is 0.242 e. The van der Waals surface area contributed by atoms with Crippen LogP contribution < -0.4 is 5.73 Å². The maximum Gasteiger partial charge on any atom is 0.242 e. The van der Waals surface area contributed by atoms with Gasteiger partial charge in [0.15, 0.2) is 0 Å². The van der Waals surface area contributed by atoms with Crippen LogP contribution in [0.3, 0.4) is 0 Å².